The molecule has 4 nitrogen and oxygen atoms in total. The average Bonchev–Trinajstić information content (AvgIpc) is 4.15. The number of nitrogens with zero attached hydrogens (tertiary/aromatic N) is 4. The van der Waals surface area contributed by atoms with E-state index in [9.17, 15) is 0 Å². The number of benzene rings is 11. The van der Waals surface area contributed by atoms with Gasteiger partial charge in [-0.05, 0) is 143 Å². The zero-order chi connectivity index (χ0) is 47.6. The normalized spacial score (nSPS) is 12.0. The van der Waals surface area contributed by atoms with Crippen LogP contribution in [0.3, 0.4) is 0 Å². The van der Waals surface area contributed by atoms with Crippen molar-refractivity contribution in [1.29, 1.82) is 0 Å². The molecule has 0 aliphatic carbocycles. The number of para-hydroxylation sites is 4. The summed E-state index contributed by atoms with van der Waals surface area (Å²) in [5, 5.41) is 10.0. The summed E-state index contributed by atoms with van der Waals surface area (Å²) in [4.78, 5) is 0. The van der Waals surface area contributed by atoms with E-state index < -0.39 is 0 Å². The Hall–Kier alpha value is -8.65. The van der Waals surface area contributed by atoms with Gasteiger partial charge in [-0.2, -0.15) is 0 Å². The summed E-state index contributed by atoms with van der Waals surface area (Å²) in [6.45, 7) is 2.18. The third kappa shape index (κ3) is 6.23. The van der Waals surface area contributed by atoms with Crippen molar-refractivity contribution < 1.29 is 0 Å². The Labute approximate surface area is 429 Å². The van der Waals surface area contributed by atoms with Crippen molar-refractivity contribution in [2.75, 3.05) is 0 Å². The zero-order valence-electron chi connectivity index (χ0n) is 39.3. The first-order valence-corrected chi connectivity index (χ1v) is 25.6. The summed E-state index contributed by atoms with van der Waals surface area (Å²) in [5.41, 5.74) is 21.5. The number of hydrogen-bond acceptors (Lipinski definition) is 0. The lowest BCUT2D eigenvalue weighted by molar-refractivity contribution is 1.17. The maximum Gasteiger partial charge on any atom is 0.0646 e. The van der Waals surface area contributed by atoms with Gasteiger partial charge in [0.05, 0.1) is 67.0 Å². The predicted molar refractivity (Wildman–Crippen MR) is 313 cm³/mol. The highest BCUT2D eigenvalue weighted by atomic mass is 127. The Balaban J connectivity index is 0.824. The third-order valence-electron chi connectivity index (χ3n) is 15.1. The van der Waals surface area contributed by atoms with Gasteiger partial charge in [0.25, 0.3) is 0 Å². The van der Waals surface area contributed by atoms with Crippen LogP contribution in [0.25, 0.3) is 138 Å². The molecule has 11 aromatic carbocycles. The standard InChI is InChI=1S/C67H43IN4/c1-42-12-11-15-51(36-42)71-65-39-46(24-31-55(65)56-32-25-47(40-66(56)71)44-27-34-62-58(37-44)53-17-5-8-19-60(53)69(62)49-13-3-2-4-14-49)43-22-29-50(30-23-43)70-61-20-9-6-18-54(61)59-38-45(28-35-63(59)70)48-26-33-57-52-16-7-10-21-64(52)72(68)67(57)41-48/h2-41H,1H3. The second-order valence-electron chi connectivity index (χ2n) is 19.2. The topological polar surface area (TPSA) is 19.7 Å². The molecule has 338 valence electrons. The van der Waals surface area contributed by atoms with Gasteiger partial charge in [0.1, 0.15) is 0 Å². The molecule has 0 N–H and O–H groups in total. The van der Waals surface area contributed by atoms with Crippen molar-refractivity contribution in [2.45, 2.75) is 6.92 Å². The van der Waals surface area contributed by atoms with Gasteiger partial charge < -0.3 is 13.7 Å². The number of fused-ring (bicyclic) bond motifs is 12. The smallest absolute Gasteiger partial charge is 0.0646 e. The Bertz CT molecular complexity index is 4700. The van der Waals surface area contributed by atoms with Gasteiger partial charge in [-0.1, -0.05) is 146 Å². The van der Waals surface area contributed by atoms with Crippen LogP contribution in [0.4, 0.5) is 0 Å². The molecule has 0 aliphatic heterocycles. The summed E-state index contributed by atoms with van der Waals surface area (Å²) in [6.07, 6.45) is 0. The van der Waals surface area contributed by atoms with Crippen molar-refractivity contribution in [3.05, 3.63) is 248 Å². The van der Waals surface area contributed by atoms with E-state index in [1.165, 1.54) is 132 Å². The summed E-state index contributed by atoms with van der Waals surface area (Å²) in [7, 11) is 0. The van der Waals surface area contributed by atoms with Crippen LogP contribution in [0.2, 0.25) is 0 Å². The number of aromatic nitrogens is 4. The molecule has 72 heavy (non-hydrogen) atoms. The molecule has 4 heterocycles. The minimum absolute atomic E-state index is 1.14. The largest absolute Gasteiger partial charge is 0.309 e. The molecule has 0 aliphatic rings. The van der Waals surface area contributed by atoms with Gasteiger partial charge in [-0.3, -0.25) is 2.78 Å². The highest BCUT2D eigenvalue weighted by Gasteiger charge is 2.19. The lowest BCUT2D eigenvalue weighted by Crippen LogP contribution is -1.95. The zero-order valence-corrected chi connectivity index (χ0v) is 41.4. The Morgan fingerprint density at radius 1 is 0.236 bits per heavy atom. The molecule has 0 atom stereocenters. The second-order valence-corrected chi connectivity index (χ2v) is 20.2. The van der Waals surface area contributed by atoms with E-state index in [1.54, 1.807) is 0 Å². The third-order valence-corrected chi connectivity index (χ3v) is 16.2. The molecule has 5 heteroatoms. The fourth-order valence-electron chi connectivity index (χ4n) is 11.8. The van der Waals surface area contributed by atoms with Crippen molar-refractivity contribution in [2.24, 2.45) is 0 Å². The summed E-state index contributed by atoms with van der Waals surface area (Å²) < 4.78 is 9.54. The lowest BCUT2D eigenvalue weighted by atomic mass is 10.0. The maximum atomic E-state index is 2.46. The number of rotatable bonds is 6. The van der Waals surface area contributed by atoms with Crippen molar-refractivity contribution >= 4 is 110 Å². The van der Waals surface area contributed by atoms with E-state index in [1.807, 2.05) is 0 Å². The highest BCUT2D eigenvalue weighted by molar-refractivity contribution is 14.1. The molecule has 0 fully saturated rings. The van der Waals surface area contributed by atoms with Gasteiger partial charge in [-0.25, -0.2) is 0 Å². The van der Waals surface area contributed by atoms with Gasteiger partial charge in [0, 0.05) is 60.2 Å². The first-order valence-electron chi connectivity index (χ1n) is 24.6. The second kappa shape index (κ2) is 15.9. The molecule has 0 saturated carbocycles. The van der Waals surface area contributed by atoms with Crippen LogP contribution >= 0.6 is 22.9 Å². The Kier molecular flexibility index (Phi) is 9.11. The van der Waals surface area contributed by atoms with Gasteiger partial charge in [-0.15, -0.1) is 0 Å². The van der Waals surface area contributed by atoms with Crippen LogP contribution in [0.5, 0.6) is 0 Å². The molecule has 15 rings (SSSR count). The average molecular weight is 1030 g/mol. The lowest BCUT2D eigenvalue weighted by Gasteiger charge is -2.12. The first-order chi connectivity index (χ1) is 35.5. The highest BCUT2D eigenvalue weighted by Crippen LogP contribution is 2.42. The van der Waals surface area contributed by atoms with Crippen LogP contribution in [0.1, 0.15) is 5.56 Å². The van der Waals surface area contributed by atoms with Crippen LogP contribution in [-0.2, 0) is 0 Å². The fourth-order valence-corrected chi connectivity index (χ4v) is 12.6. The Morgan fingerprint density at radius 2 is 0.611 bits per heavy atom. The molecule has 0 radical (unpaired) electrons. The summed E-state index contributed by atoms with van der Waals surface area (Å²) in [6, 6.07) is 89.7. The van der Waals surface area contributed by atoms with E-state index in [0.29, 0.717) is 0 Å². The van der Waals surface area contributed by atoms with E-state index in [4.69, 9.17) is 0 Å². The van der Waals surface area contributed by atoms with E-state index >= 15 is 0 Å². The van der Waals surface area contributed by atoms with E-state index in [2.05, 4.69) is 289 Å². The molecular weight excluding hydrogens is 988 g/mol. The van der Waals surface area contributed by atoms with E-state index in [0.717, 1.165) is 11.4 Å². The predicted octanol–water partition coefficient (Wildman–Crippen LogP) is 18.6. The minimum Gasteiger partial charge on any atom is -0.309 e. The molecule has 0 bridgehead atoms. The van der Waals surface area contributed by atoms with Crippen molar-refractivity contribution in [3.8, 4) is 50.4 Å². The quantitative estimate of drug-likeness (QED) is 0.148. The molecule has 4 aromatic heterocycles. The molecular formula is C67H43IN4. The number of aryl methyl sites for hydroxylation is 1. The monoisotopic (exact) mass is 1030 g/mol. The maximum absolute atomic E-state index is 2.46. The molecule has 0 unspecified atom stereocenters. The summed E-state index contributed by atoms with van der Waals surface area (Å²) in [5.74, 6) is 0. The number of hydrogen-bond donors (Lipinski definition) is 0. The summed E-state index contributed by atoms with van der Waals surface area (Å²) >= 11 is 2.44. The van der Waals surface area contributed by atoms with Gasteiger partial charge >= 0.3 is 0 Å². The van der Waals surface area contributed by atoms with Crippen molar-refractivity contribution in [1.82, 2.24) is 16.5 Å². The fraction of sp³-hybridized carbons (Fsp3) is 0.0149. The van der Waals surface area contributed by atoms with Gasteiger partial charge in [0.15, 0.2) is 0 Å². The molecule has 0 amide bonds. The Morgan fingerprint density at radius 3 is 1.18 bits per heavy atom. The first kappa shape index (κ1) is 41.2. The van der Waals surface area contributed by atoms with Crippen LogP contribution < -0.4 is 0 Å². The molecule has 15 aromatic rings. The van der Waals surface area contributed by atoms with Crippen molar-refractivity contribution in [3.63, 3.8) is 0 Å². The number of halogens is 1. The van der Waals surface area contributed by atoms with Crippen LogP contribution in [-0.4, -0.2) is 16.5 Å². The van der Waals surface area contributed by atoms with E-state index in [-0.39, 0.29) is 0 Å². The van der Waals surface area contributed by atoms with Crippen LogP contribution in [0, 0.1) is 6.92 Å². The SMILES string of the molecule is Cc1cccc(-n2c3cc(-c4ccc(-n5c6ccccc6c6cc(-c7ccc8c9ccccc9n(I)c8c7)ccc65)cc4)ccc3c3ccc(-c4ccc5c(c4)c4ccccc4n5-c4ccccc4)cc32)c1. The molecule has 0 spiro atoms. The van der Waals surface area contributed by atoms with Crippen LogP contribution in [0.15, 0.2) is 243 Å². The minimum atomic E-state index is 1.14. The van der Waals surface area contributed by atoms with Gasteiger partial charge in [0.2, 0.25) is 0 Å². The molecule has 0 saturated heterocycles.